The van der Waals surface area contributed by atoms with Crippen molar-refractivity contribution in [3.8, 4) is 0 Å². The molecule has 0 spiro atoms. The van der Waals surface area contributed by atoms with E-state index in [1.54, 1.807) is 30.3 Å². The standard InChI is InChI=1S/C21H17ClF2N2O3S/c22-16-6-9-18(10-7-16)30(28,29)26(13-15-4-2-1-3-5-15)14-21(27)25-20-11-8-17(23)12-19(20)24/h1-12H,13-14H2,(H,25,27). The zero-order chi connectivity index (χ0) is 21.7. The van der Waals surface area contributed by atoms with Gasteiger partial charge >= 0.3 is 0 Å². The molecule has 0 atom stereocenters. The maximum atomic E-state index is 13.8. The zero-order valence-corrected chi connectivity index (χ0v) is 17.1. The largest absolute Gasteiger partial charge is 0.322 e. The van der Waals surface area contributed by atoms with E-state index >= 15 is 0 Å². The van der Waals surface area contributed by atoms with Crippen LogP contribution in [0.2, 0.25) is 5.02 Å². The van der Waals surface area contributed by atoms with Gasteiger partial charge in [-0.2, -0.15) is 4.31 Å². The predicted molar refractivity (Wildman–Crippen MR) is 110 cm³/mol. The van der Waals surface area contributed by atoms with E-state index in [4.69, 9.17) is 11.6 Å². The summed E-state index contributed by atoms with van der Waals surface area (Å²) in [5.74, 6) is -2.52. The Balaban J connectivity index is 1.87. The van der Waals surface area contributed by atoms with Gasteiger partial charge in [-0.3, -0.25) is 4.79 Å². The molecule has 1 amide bonds. The molecule has 0 unspecified atom stereocenters. The molecule has 9 heteroatoms. The van der Waals surface area contributed by atoms with Gasteiger partial charge in [0.15, 0.2) is 0 Å². The van der Waals surface area contributed by atoms with Gasteiger partial charge < -0.3 is 5.32 Å². The summed E-state index contributed by atoms with van der Waals surface area (Å²) in [6.07, 6.45) is 0. The number of amides is 1. The molecule has 0 aliphatic rings. The number of carbonyl (C=O) groups is 1. The predicted octanol–water partition coefficient (Wildman–Crippen LogP) is 4.45. The zero-order valence-electron chi connectivity index (χ0n) is 15.6. The van der Waals surface area contributed by atoms with Crippen molar-refractivity contribution in [1.29, 1.82) is 0 Å². The Bertz CT molecular complexity index is 1140. The van der Waals surface area contributed by atoms with Crippen molar-refractivity contribution in [2.75, 3.05) is 11.9 Å². The van der Waals surface area contributed by atoms with Crippen LogP contribution in [0.15, 0.2) is 77.7 Å². The first kappa shape index (κ1) is 21.9. The third kappa shape index (κ3) is 5.41. The summed E-state index contributed by atoms with van der Waals surface area (Å²) in [7, 11) is -4.06. The van der Waals surface area contributed by atoms with E-state index < -0.39 is 34.1 Å². The van der Waals surface area contributed by atoms with Crippen molar-refractivity contribution in [2.24, 2.45) is 0 Å². The van der Waals surface area contributed by atoms with Gasteiger partial charge in [0.1, 0.15) is 11.6 Å². The van der Waals surface area contributed by atoms with Crippen molar-refractivity contribution >= 4 is 33.2 Å². The van der Waals surface area contributed by atoms with Crippen molar-refractivity contribution in [3.63, 3.8) is 0 Å². The topological polar surface area (TPSA) is 66.5 Å². The highest BCUT2D eigenvalue weighted by atomic mass is 35.5. The first-order valence-electron chi connectivity index (χ1n) is 8.80. The molecule has 0 saturated carbocycles. The van der Waals surface area contributed by atoms with Crippen LogP contribution >= 0.6 is 11.6 Å². The van der Waals surface area contributed by atoms with E-state index in [-0.39, 0.29) is 17.1 Å². The lowest BCUT2D eigenvalue weighted by atomic mass is 10.2. The molecule has 1 N–H and O–H groups in total. The summed E-state index contributed by atoms with van der Waals surface area (Å²) < 4.78 is 54.1. The number of sulfonamides is 1. The number of nitrogens with zero attached hydrogens (tertiary/aromatic N) is 1. The van der Waals surface area contributed by atoms with Gasteiger partial charge in [0.25, 0.3) is 0 Å². The number of anilines is 1. The van der Waals surface area contributed by atoms with Gasteiger partial charge in [0, 0.05) is 17.6 Å². The first-order valence-corrected chi connectivity index (χ1v) is 10.6. The quantitative estimate of drug-likeness (QED) is 0.578. The molecular weight excluding hydrogens is 434 g/mol. The first-order chi connectivity index (χ1) is 14.3. The van der Waals surface area contributed by atoms with E-state index in [2.05, 4.69) is 5.32 Å². The van der Waals surface area contributed by atoms with Crippen molar-refractivity contribution in [1.82, 2.24) is 4.31 Å². The Morgan fingerprint density at radius 2 is 1.63 bits per heavy atom. The number of nitrogens with one attached hydrogen (secondary N) is 1. The summed E-state index contributed by atoms with van der Waals surface area (Å²) in [5, 5.41) is 2.65. The van der Waals surface area contributed by atoms with Crippen molar-refractivity contribution < 1.29 is 22.0 Å². The second kappa shape index (κ2) is 9.34. The fourth-order valence-electron chi connectivity index (χ4n) is 2.71. The monoisotopic (exact) mass is 450 g/mol. The minimum absolute atomic E-state index is 0.0383. The van der Waals surface area contributed by atoms with E-state index in [9.17, 15) is 22.0 Å². The minimum atomic E-state index is -4.06. The average Bonchev–Trinajstić information content (AvgIpc) is 2.71. The third-order valence-electron chi connectivity index (χ3n) is 4.18. The Labute approximate surface area is 178 Å². The summed E-state index contributed by atoms with van der Waals surface area (Å²) >= 11 is 5.84. The molecule has 0 aromatic heterocycles. The Morgan fingerprint density at radius 1 is 0.967 bits per heavy atom. The fourth-order valence-corrected chi connectivity index (χ4v) is 4.22. The summed E-state index contributed by atoms with van der Waals surface area (Å²) in [6.45, 7) is -0.651. The molecule has 0 aliphatic heterocycles. The molecule has 3 rings (SSSR count). The van der Waals surface area contributed by atoms with Crippen LogP contribution in [0.5, 0.6) is 0 Å². The molecular formula is C21H17ClF2N2O3S. The number of halogens is 3. The lowest BCUT2D eigenvalue weighted by Gasteiger charge is -2.22. The maximum absolute atomic E-state index is 13.8. The molecule has 0 saturated heterocycles. The van der Waals surface area contributed by atoms with E-state index in [1.807, 2.05) is 0 Å². The molecule has 0 heterocycles. The highest BCUT2D eigenvalue weighted by molar-refractivity contribution is 7.89. The number of rotatable bonds is 7. The van der Waals surface area contributed by atoms with Gasteiger partial charge in [-0.15, -0.1) is 0 Å². The average molecular weight is 451 g/mol. The van der Waals surface area contributed by atoms with Crippen LogP contribution in [0.3, 0.4) is 0 Å². The molecule has 0 radical (unpaired) electrons. The number of benzene rings is 3. The molecule has 156 valence electrons. The number of hydrogen-bond donors (Lipinski definition) is 1. The molecule has 0 aliphatic carbocycles. The molecule has 3 aromatic rings. The second-order valence-corrected chi connectivity index (χ2v) is 8.76. The smallest absolute Gasteiger partial charge is 0.243 e. The normalized spacial score (nSPS) is 11.5. The molecule has 0 fully saturated rings. The highest BCUT2D eigenvalue weighted by Crippen LogP contribution is 2.21. The molecule has 5 nitrogen and oxygen atoms in total. The third-order valence-corrected chi connectivity index (χ3v) is 6.24. The van der Waals surface area contributed by atoms with E-state index in [0.29, 0.717) is 16.7 Å². The fraction of sp³-hybridized carbons (Fsp3) is 0.0952. The van der Waals surface area contributed by atoms with Gasteiger partial charge in [0.2, 0.25) is 15.9 Å². The van der Waals surface area contributed by atoms with Gasteiger partial charge in [-0.05, 0) is 42.0 Å². The molecule has 0 bridgehead atoms. The van der Waals surface area contributed by atoms with Crippen molar-refractivity contribution in [3.05, 3.63) is 95.0 Å². The Morgan fingerprint density at radius 3 is 2.27 bits per heavy atom. The lowest BCUT2D eigenvalue weighted by Crippen LogP contribution is -2.37. The van der Waals surface area contributed by atoms with Crippen LogP contribution in [0.25, 0.3) is 0 Å². The van der Waals surface area contributed by atoms with Crippen LogP contribution in [0, 0.1) is 11.6 Å². The summed E-state index contributed by atoms with van der Waals surface area (Å²) in [5.41, 5.74) is 0.417. The Kier molecular flexibility index (Phi) is 6.81. The van der Waals surface area contributed by atoms with Gasteiger partial charge in [0.05, 0.1) is 17.1 Å². The van der Waals surface area contributed by atoms with Crippen LogP contribution in [-0.2, 0) is 21.4 Å². The van der Waals surface area contributed by atoms with Crippen LogP contribution in [-0.4, -0.2) is 25.2 Å². The number of carbonyl (C=O) groups excluding carboxylic acids is 1. The highest BCUT2D eigenvalue weighted by Gasteiger charge is 2.27. The summed E-state index contributed by atoms with van der Waals surface area (Å²) in [6, 6.07) is 17.0. The summed E-state index contributed by atoms with van der Waals surface area (Å²) in [4.78, 5) is 12.4. The molecule has 3 aromatic carbocycles. The van der Waals surface area contributed by atoms with Gasteiger partial charge in [-0.25, -0.2) is 17.2 Å². The molecule has 30 heavy (non-hydrogen) atoms. The van der Waals surface area contributed by atoms with Gasteiger partial charge in [-0.1, -0.05) is 41.9 Å². The van der Waals surface area contributed by atoms with Crippen LogP contribution < -0.4 is 5.32 Å². The Hall–Kier alpha value is -2.81. The van der Waals surface area contributed by atoms with E-state index in [1.165, 1.54) is 24.3 Å². The van der Waals surface area contributed by atoms with Crippen LogP contribution in [0.4, 0.5) is 14.5 Å². The number of hydrogen-bond acceptors (Lipinski definition) is 3. The lowest BCUT2D eigenvalue weighted by molar-refractivity contribution is -0.116. The SMILES string of the molecule is O=C(CN(Cc1ccccc1)S(=O)(=O)c1ccc(Cl)cc1)Nc1ccc(F)cc1F. The minimum Gasteiger partial charge on any atom is -0.322 e. The van der Waals surface area contributed by atoms with Crippen LogP contribution in [0.1, 0.15) is 5.56 Å². The van der Waals surface area contributed by atoms with Crippen molar-refractivity contribution in [2.45, 2.75) is 11.4 Å². The second-order valence-electron chi connectivity index (χ2n) is 6.38. The van der Waals surface area contributed by atoms with E-state index in [0.717, 1.165) is 16.4 Å². The maximum Gasteiger partial charge on any atom is 0.243 e.